The van der Waals surface area contributed by atoms with E-state index in [0.717, 1.165) is 30.1 Å². The van der Waals surface area contributed by atoms with Crippen LogP contribution in [0.3, 0.4) is 0 Å². The summed E-state index contributed by atoms with van der Waals surface area (Å²) in [5.74, 6) is -0.0427. The minimum atomic E-state index is -1.03. The van der Waals surface area contributed by atoms with Crippen molar-refractivity contribution >= 4 is 18.2 Å². The van der Waals surface area contributed by atoms with Crippen molar-refractivity contribution in [3.8, 4) is 5.75 Å². The van der Waals surface area contributed by atoms with Gasteiger partial charge in [-0.15, -0.1) is 0 Å². The fourth-order valence-electron chi connectivity index (χ4n) is 1.28. The van der Waals surface area contributed by atoms with Crippen molar-refractivity contribution in [1.82, 2.24) is 0 Å². The largest absolute Gasteiger partial charge is 0.516 e. The van der Waals surface area contributed by atoms with Gasteiger partial charge in [-0.2, -0.15) is 0 Å². The lowest BCUT2D eigenvalue weighted by Gasteiger charge is -2.04. The number of hydrogen-bond acceptors (Lipinski definition) is 5. The van der Waals surface area contributed by atoms with Gasteiger partial charge in [-0.3, -0.25) is 0 Å². The van der Waals surface area contributed by atoms with Gasteiger partial charge in [0.05, 0.1) is 14.2 Å². The van der Waals surface area contributed by atoms with Crippen LogP contribution in [0.5, 0.6) is 5.75 Å². The lowest BCUT2D eigenvalue weighted by Crippen LogP contribution is -2.09. The fourth-order valence-corrected chi connectivity index (χ4v) is 1.28. The zero-order valence-electron chi connectivity index (χ0n) is 10.4. The van der Waals surface area contributed by atoms with E-state index >= 15 is 0 Å². The van der Waals surface area contributed by atoms with E-state index in [2.05, 4.69) is 9.47 Å². The first-order chi connectivity index (χ1) is 8.56. The van der Waals surface area contributed by atoms with E-state index in [9.17, 15) is 9.59 Å². The van der Waals surface area contributed by atoms with E-state index in [0.29, 0.717) is 0 Å². The second-order valence-corrected chi connectivity index (χ2v) is 3.43. The Labute approximate surface area is 105 Å². The summed E-state index contributed by atoms with van der Waals surface area (Å²) < 4.78 is 13.6. The molecule has 1 aromatic carbocycles. The molecule has 0 N–H and O–H groups in total. The predicted octanol–water partition coefficient (Wildman–Crippen LogP) is 2.33. The van der Waals surface area contributed by atoms with Crippen molar-refractivity contribution in [1.29, 1.82) is 0 Å². The molecule has 0 aromatic heterocycles. The Bertz CT molecular complexity index is 476. The zero-order chi connectivity index (χ0) is 13.5. The molecule has 0 aliphatic carbocycles. The van der Waals surface area contributed by atoms with Crippen molar-refractivity contribution < 1.29 is 23.8 Å². The molecule has 0 atom stereocenters. The molecule has 0 fully saturated rings. The summed E-state index contributed by atoms with van der Waals surface area (Å²) in [6.45, 7) is 1.88. The SMILES string of the molecule is COC(=O)OC(=O)C=Cc1ccc(OC)cc1C. The highest BCUT2D eigenvalue weighted by Crippen LogP contribution is 2.17. The molecule has 0 bridgehead atoms. The predicted molar refractivity (Wildman–Crippen MR) is 65.3 cm³/mol. The van der Waals surface area contributed by atoms with Gasteiger partial charge in [-0.05, 0) is 36.3 Å². The van der Waals surface area contributed by atoms with Crippen LogP contribution in [0.1, 0.15) is 11.1 Å². The first kappa shape index (κ1) is 13.8. The topological polar surface area (TPSA) is 61.8 Å². The highest BCUT2D eigenvalue weighted by molar-refractivity contribution is 5.93. The monoisotopic (exact) mass is 250 g/mol. The molecule has 0 spiro atoms. The normalized spacial score (nSPS) is 10.2. The van der Waals surface area contributed by atoms with Crippen LogP contribution in [0.2, 0.25) is 0 Å². The molecule has 0 radical (unpaired) electrons. The van der Waals surface area contributed by atoms with Gasteiger partial charge in [0.15, 0.2) is 0 Å². The van der Waals surface area contributed by atoms with Crippen LogP contribution >= 0.6 is 0 Å². The van der Waals surface area contributed by atoms with Crippen LogP contribution in [0.15, 0.2) is 24.3 Å². The molecule has 18 heavy (non-hydrogen) atoms. The molecule has 0 amide bonds. The Balaban J connectivity index is 2.72. The summed E-state index contributed by atoms with van der Waals surface area (Å²) >= 11 is 0. The molecular weight excluding hydrogens is 236 g/mol. The number of carbonyl (C=O) groups excluding carboxylic acids is 2. The van der Waals surface area contributed by atoms with Gasteiger partial charge >= 0.3 is 12.1 Å². The first-order valence-electron chi connectivity index (χ1n) is 5.19. The van der Waals surface area contributed by atoms with Crippen LogP contribution in [-0.2, 0) is 14.3 Å². The van der Waals surface area contributed by atoms with Crippen LogP contribution in [0.4, 0.5) is 4.79 Å². The Morgan fingerprint density at radius 2 is 1.94 bits per heavy atom. The first-order valence-corrected chi connectivity index (χ1v) is 5.19. The summed E-state index contributed by atoms with van der Waals surface area (Å²) in [5, 5.41) is 0. The Morgan fingerprint density at radius 3 is 2.50 bits per heavy atom. The van der Waals surface area contributed by atoms with Crippen molar-refractivity contribution in [2.45, 2.75) is 6.92 Å². The molecule has 5 heteroatoms. The number of benzene rings is 1. The van der Waals surface area contributed by atoms with Crippen molar-refractivity contribution in [3.05, 3.63) is 35.4 Å². The summed E-state index contributed by atoms with van der Waals surface area (Å²) in [6, 6.07) is 5.42. The molecule has 0 aliphatic rings. The average molecular weight is 250 g/mol. The summed E-state index contributed by atoms with van der Waals surface area (Å²) in [7, 11) is 2.71. The Morgan fingerprint density at radius 1 is 1.22 bits per heavy atom. The number of carbonyl (C=O) groups is 2. The molecule has 96 valence electrons. The quantitative estimate of drug-likeness (QED) is 0.468. The molecule has 0 saturated carbocycles. The van der Waals surface area contributed by atoms with E-state index in [4.69, 9.17) is 4.74 Å². The minimum Gasteiger partial charge on any atom is -0.497 e. The molecule has 1 rings (SSSR count). The van der Waals surface area contributed by atoms with Gasteiger partial charge in [0.2, 0.25) is 0 Å². The van der Waals surface area contributed by atoms with Crippen LogP contribution < -0.4 is 4.74 Å². The van der Waals surface area contributed by atoms with Gasteiger partial charge < -0.3 is 14.2 Å². The van der Waals surface area contributed by atoms with Gasteiger partial charge in [0.1, 0.15) is 5.75 Å². The molecule has 1 aromatic rings. The molecular formula is C13H14O5. The van der Waals surface area contributed by atoms with Gasteiger partial charge in [-0.25, -0.2) is 9.59 Å². The van der Waals surface area contributed by atoms with E-state index in [1.165, 1.54) is 0 Å². The van der Waals surface area contributed by atoms with Gasteiger partial charge in [0.25, 0.3) is 0 Å². The van der Waals surface area contributed by atoms with Crippen molar-refractivity contribution in [2.75, 3.05) is 14.2 Å². The summed E-state index contributed by atoms with van der Waals surface area (Å²) in [5.41, 5.74) is 1.77. The third-order valence-corrected chi connectivity index (χ3v) is 2.23. The number of ether oxygens (including phenoxy) is 3. The smallest absolute Gasteiger partial charge is 0.497 e. The molecule has 0 unspecified atom stereocenters. The van der Waals surface area contributed by atoms with Gasteiger partial charge in [0, 0.05) is 6.08 Å². The lowest BCUT2D eigenvalue weighted by atomic mass is 10.1. The van der Waals surface area contributed by atoms with Gasteiger partial charge in [-0.1, -0.05) is 6.07 Å². The summed E-state index contributed by atoms with van der Waals surface area (Å²) in [4.78, 5) is 21.9. The minimum absolute atomic E-state index is 0.738. The number of methoxy groups -OCH3 is 2. The second-order valence-electron chi connectivity index (χ2n) is 3.43. The number of aryl methyl sites for hydroxylation is 1. The van der Waals surface area contributed by atoms with Crippen molar-refractivity contribution in [3.63, 3.8) is 0 Å². The third-order valence-electron chi connectivity index (χ3n) is 2.23. The lowest BCUT2D eigenvalue weighted by molar-refractivity contribution is -0.133. The number of rotatable bonds is 3. The van der Waals surface area contributed by atoms with Crippen LogP contribution in [-0.4, -0.2) is 26.3 Å². The van der Waals surface area contributed by atoms with Crippen LogP contribution in [0, 0.1) is 6.92 Å². The highest BCUT2D eigenvalue weighted by Gasteiger charge is 2.06. The number of esters is 1. The van der Waals surface area contributed by atoms with E-state index in [1.807, 2.05) is 13.0 Å². The third kappa shape index (κ3) is 3.93. The van der Waals surface area contributed by atoms with Crippen LogP contribution in [0.25, 0.3) is 6.08 Å². The van der Waals surface area contributed by atoms with Crippen molar-refractivity contribution in [2.24, 2.45) is 0 Å². The van der Waals surface area contributed by atoms with E-state index < -0.39 is 12.1 Å². The average Bonchev–Trinajstić information content (AvgIpc) is 2.36. The maximum absolute atomic E-state index is 11.2. The fraction of sp³-hybridized carbons (Fsp3) is 0.231. The Hall–Kier alpha value is -2.30. The van der Waals surface area contributed by atoms with E-state index in [1.54, 1.807) is 25.3 Å². The standard InChI is InChI=1S/C13H14O5/c1-9-8-11(16-2)6-4-10(9)5-7-12(14)18-13(15)17-3/h4-8H,1-3H3. The Kier molecular flexibility index (Phi) is 4.92. The maximum atomic E-state index is 11.2. The molecule has 0 aliphatic heterocycles. The molecule has 5 nitrogen and oxygen atoms in total. The summed E-state index contributed by atoms with van der Waals surface area (Å²) in [6.07, 6.45) is 1.68. The molecule has 0 heterocycles. The van der Waals surface area contributed by atoms with E-state index in [-0.39, 0.29) is 0 Å². The highest BCUT2D eigenvalue weighted by atomic mass is 16.7. The number of hydrogen-bond donors (Lipinski definition) is 0. The zero-order valence-corrected chi connectivity index (χ0v) is 10.4. The maximum Gasteiger partial charge on any atom is 0.516 e. The second kappa shape index (κ2) is 6.44. The molecule has 0 saturated heterocycles.